The van der Waals surface area contributed by atoms with Gasteiger partial charge in [-0.05, 0) is 30.9 Å². The lowest BCUT2D eigenvalue weighted by Crippen LogP contribution is -1.82. The van der Waals surface area contributed by atoms with Crippen LogP contribution in [0.15, 0.2) is 17.6 Å². The van der Waals surface area contributed by atoms with Crippen molar-refractivity contribution in [1.29, 1.82) is 0 Å². The van der Waals surface area contributed by atoms with Crippen molar-refractivity contribution < 1.29 is 0 Å². The van der Waals surface area contributed by atoms with E-state index in [1.807, 2.05) is 20.0 Å². The fourth-order valence-electron chi connectivity index (χ4n) is 1.22. The smallest absolute Gasteiger partial charge is 0.0459 e. The van der Waals surface area contributed by atoms with Crippen molar-refractivity contribution >= 4 is 21.4 Å². The van der Waals surface area contributed by atoms with Gasteiger partial charge in [0.1, 0.15) is 0 Å². The lowest BCUT2D eigenvalue weighted by Gasteiger charge is -1.96. The first kappa shape index (κ1) is 10.2. The molecule has 2 rings (SSSR count). The Hall–Kier alpha value is -0.890. The summed E-state index contributed by atoms with van der Waals surface area (Å²) in [6, 6.07) is 2.13. The fraction of sp³-hybridized carbons (Fsp3) is 0.364. The van der Waals surface area contributed by atoms with Crippen molar-refractivity contribution in [2.45, 2.75) is 27.7 Å². The van der Waals surface area contributed by atoms with Crippen LogP contribution >= 0.6 is 11.3 Å². The van der Waals surface area contributed by atoms with Gasteiger partial charge in [-0.2, -0.15) is 0 Å². The van der Waals surface area contributed by atoms with Crippen LogP contribution in [0.2, 0.25) is 0 Å². The van der Waals surface area contributed by atoms with Crippen molar-refractivity contribution in [3.8, 4) is 0 Å². The largest absolute Gasteiger partial charge is 0.261 e. The number of hydrogen-bond acceptors (Lipinski definition) is 2. The Labute approximate surface area is 83.4 Å². The lowest BCUT2D eigenvalue weighted by molar-refractivity contribution is 1.21. The highest BCUT2D eigenvalue weighted by Crippen LogP contribution is 2.25. The van der Waals surface area contributed by atoms with Crippen molar-refractivity contribution in [2.24, 2.45) is 0 Å². The van der Waals surface area contributed by atoms with E-state index in [2.05, 4.69) is 30.3 Å². The van der Waals surface area contributed by atoms with E-state index in [-0.39, 0.29) is 0 Å². The van der Waals surface area contributed by atoms with Crippen molar-refractivity contribution in [3.63, 3.8) is 0 Å². The first-order valence-electron chi connectivity index (χ1n) is 4.58. The summed E-state index contributed by atoms with van der Waals surface area (Å²) in [5.74, 6) is 0. The van der Waals surface area contributed by atoms with Crippen molar-refractivity contribution in [2.75, 3.05) is 0 Å². The van der Waals surface area contributed by atoms with E-state index in [1.54, 1.807) is 11.3 Å². The molecule has 0 aliphatic rings. The van der Waals surface area contributed by atoms with E-state index >= 15 is 0 Å². The zero-order valence-electron chi connectivity index (χ0n) is 8.59. The Balaban J connectivity index is 0.000000396. The van der Waals surface area contributed by atoms with E-state index in [1.165, 1.54) is 15.6 Å². The number of aromatic nitrogens is 1. The standard InChI is InChI=1S/C9H9NS.C2H6/c1-6-5-10-7(2)8-3-4-11-9(6)8;1-2/h3-5H,1-2H3;1-2H3. The van der Waals surface area contributed by atoms with Crippen molar-refractivity contribution in [3.05, 3.63) is 28.9 Å². The van der Waals surface area contributed by atoms with E-state index in [0.717, 1.165) is 5.69 Å². The van der Waals surface area contributed by atoms with Crippen molar-refractivity contribution in [1.82, 2.24) is 4.98 Å². The monoisotopic (exact) mass is 193 g/mol. The maximum atomic E-state index is 4.29. The second-order valence-corrected chi connectivity index (χ2v) is 3.61. The molecule has 0 fully saturated rings. The van der Waals surface area contributed by atoms with Gasteiger partial charge in [-0.1, -0.05) is 13.8 Å². The number of fused-ring (bicyclic) bond motifs is 1. The van der Waals surface area contributed by atoms with Gasteiger partial charge in [0, 0.05) is 22.0 Å². The number of rotatable bonds is 0. The van der Waals surface area contributed by atoms with Gasteiger partial charge >= 0.3 is 0 Å². The predicted octanol–water partition coefficient (Wildman–Crippen LogP) is 3.94. The Bertz CT molecular complexity index is 354. The van der Waals surface area contributed by atoms with Gasteiger partial charge in [-0.3, -0.25) is 4.98 Å². The highest BCUT2D eigenvalue weighted by molar-refractivity contribution is 7.17. The van der Waals surface area contributed by atoms with E-state index < -0.39 is 0 Å². The number of pyridine rings is 1. The molecule has 0 aromatic carbocycles. The molecular formula is C11H15NS. The van der Waals surface area contributed by atoms with E-state index in [9.17, 15) is 0 Å². The molecule has 0 aliphatic carbocycles. The summed E-state index contributed by atoms with van der Waals surface area (Å²) in [4.78, 5) is 4.29. The first-order chi connectivity index (χ1) is 6.29. The maximum Gasteiger partial charge on any atom is 0.0459 e. The summed E-state index contributed by atoms with van der Waals surface area (Å²) >= 11 is 1.79. The molecule has 13 heavy (non-hydrogen) atoms. The van der Waals surface area contributed by atoms with Crippen LogP contribution in [-0.4, -0.2) is 4.98 Å². The lowest BCUT2D eigenvalue weighted by atomic mass is 10.2. The Kier molecular flexibility index (Phi) is 3.43. The molecule has 0 amide bonds. The second-order valence-electron chi connectivity index (χ2n) is 2.69. The summed E-state index contributed by atoms with van der Waals surface area (Å²) in [5.41, 5.74) is 2.41. The number of thiophene rings is 1. The Morgan fingerprint density at radius 1 is 1.23 bits per heavy atom. The third-order valence-electron chi connectivity index (χ3n) is 1.87. The minimum atomic E-state index is 1.13. The summed E-state index contributed by atoms with van der Waals surface area (Å²) in [7, 11) is 0. The topological polar surface area (TPSA) is 12.9 Å². The third-order valence-corrected chi connectivity index (χ3v) is 2.91. The Morgan fingerprint density at radius 2 is 1.92 bits per heavy atom. The van der Waals surface area contributed by atoms with E-state index in [0.29, 0.717) is 0 Å². The quantitative estimate of drug-likeness (QED) is 0.617. The van der Waals surface area contributed by atoms with E-state index in [4.69, 9.17) is 0 Å². The van der Waals surface area contributed by atoms with Crippen LogP contribution < -0.4 is 0 Å². The van der Waals surface area contributed by atoms with Crippen LogP contribution in [0.5, 0.6) is 0 Å². The zero-order valence-corrected chi connectivity index (χ0v) is 9.40. The summed E-state index contributed by atoms with van der Waals surface area (Å²) in [6.45, 7) is 8.15. The normalized spacial score (nSPS) is 9.54. The number of nitrogens with zero attached hydrogens (tertiary/aromatic N) is 1. The van der Waals surface area contributed by atoms with Crippen LogP contribution in [0.25, 0.3) is 10.1 Å². The first-order valence-corrected chi connectivity index (χ1v) is 5.46. The van der Waals surface area contributed by atoms with Gasteiger partial charge in [-0.25, -0.2) is 0 Å². The van der Waals surface area contributed by atoms with Crippen LogP contribution in [0.4, 0.5) is 0 Å². The molecule has 0 N–H and O–H groups in total. The maximum absolute atomic E-state index is 4.29. The number of aryl methyl sites for hydroxylation is 2. The van der Waals surface area contributed by atoms with Crippen LogP contribution in [0, 0.1) is 13.8 Å². The zero-order chi connectivity index (χ0) is 9.84. The molecule has 0 aliphatic heterocycles. The third kappa shape index (κ3) is 1.89. The molecule has 2 aromatic heterocycles. The minimum Gasteiger partial charge on any atom is -0.261 e. The molecule has 0 spiro atoms. The predicted molar refractivity (Wildman–Crippen MR) is 60.4 cm³/mol. The summed E-state index contributed by atoms with van der Waals surface area (Å²) in [5, 5.41) is 3.42. The molecule has 0 atom stereocenters. The van der Waals surface area contributed by atoms with Crippen LogP contribution in [-0.2, 0) is 0 Å². The molecule has 0 radical (unpaired) electrons. The number of hydrogen-bond donors (Lipinski definition) is 0. The highest BCUT2D eigenvalue weighted by atomic mass is 32.1. The molecule has 0 saturated carbocycles. The molecule has 0 unspecified atom stereocenters. The molecule has 2 heteroatoms. The summed E-state index contributed by atoms with van der Waals surface area (Å²) < 4.78 is 1.37. The molecule has 2 aromatic rings. The minimum absolute atomic E-state index is 1.13. The van der Waals surface area contributed by atoms with Gasteiger partial charge in [0.25, 0.3) is 0 Å². The van der Waals surface area contributed by atoms with Crippen LogP contribution in [0.3, 0.4) is 0 Å². The molecular weight excluding hydrogens is 178 g/mol. The Morgan fingerprint density at radius 3 is 2.54 bits per heavy atom. The van der Waals surface area contributed by atoms with Gasteiger partial charge in [0.15, 0.2) is 0 Å². The molecule has 70 valence electrons. The van der Waals surface area contributed by atoms with Gasteiger partial charge in [0.2, 0.25) is 0 Å². The molecule has 2 heterocycles. The van der Waals surface area contributed by atoms with Gasteiger partial charge in [-0.15, -0.1) is 11.3 Å². The summed E-state index contributed by atoms with van der Waals surface area (Å²) in [6.07, 6.45) is 1.94. The van der Waals surface area contributed by atoms with Gasteiger partial charge in [0.05, 0.1) is 0 Å². The average molecular weight is 193 g/mol. The fourth-order valence-corrected chi connectivity index (χ4v) is 2.14. The van der Waals surface area contributed by atoms with Gasteiger partial charge < -0.3 is 0 Å². The average Bonchev–Trinajstić information content (AvgIpc) is 2.64. The highest BCUT2D eigenvalue weighted by Gasteiger charge is 2.00. The molecule has 0 saturated heterocycles. The van der Waals surface area contributed by atoms with Crippen LogP contribution in [0.1, 0.15) is 25.1 Å². The second kappa shape index (κ2) is 4.38. The SMILES string of the molecule is CC.Cc1ncc(C)c2sccc12. The molecule has 1 nitrogen and oxygen atoms in total. The molecule has 0 bridgehead atoms.